The average Bonchev–Trinajstić information content (AvgIpc) is 3.25. The first-order valence-corrected chi connectivity index (χ1v) is 10.7. The molecule has 1 unspecified atom stereocenters. The van der Waals surface area contributed by atoms with Crippen molar-refractivity contribution in [1.29, 1.82) is 5.41 Å². The number of aliphatic hydroxyl groups excluding tert-OH is 1. The molecule has 3 rings (SSSR count). The molecule has 0 bridgehead atoms. The van der Waals surface area contributed by atoms with Gasteiger partial charge in [-0.25, -0.2) is 19.6 Å². The minimum atomic E-state index is -5.12. The Morgan fingerprint density at radius 1 is 1.19 bits per heavy atom. The van der Waals surface area contributed by atoms with Gasteiger partial charge in [0.25, 0.3) is 0 Å². The minimum Gasteiger partial charge on any atom is -0.382 e. The molecule has 0 fully saturated rings. The maximum Gasteiger partial charge on any atom is 0.450 e. The Hall–Kier alpha value is -3.43. The van der Waals surface area contributed by atoms with Crippen LogP contribution in [-0.2, 0) is 0 Å². The minimum absolute atomic E-state index is 0.0254. The number of nitrogens with one attached hydrogen (secondary N) is 3. The highest BCUT2D eigenvalue weighted by molar-refractivity contribution is 6.30. The summed E-state index contributed by atoms with van der Waals surface area (Å²) in [7, 11) is 0. The lowest BCUT2D eigenvalue weighted by Crippen LogP contribution is -2.53. The van der Waals surface area contributed by atoms with Crippen molar-refractivity contribution in [2.75, 3.05) is 18.1 Å². The predicted octanol–water partition coefficient (Wildman–Crippen LogP) is 4.05. The number of aliphatic hydroxyl groups is 1. The molecule has 2 aromatic rings. The number of hydrogen-bond donors (Lipinski definition) is 4. The van der Waals surface area contributed by atoms with E-state index in [0.29, 0.717) is 5.01 Å². The van der Waals surface area contributed by atoms with Crippen LogP contribution in [0.3, 0.4) is 0 Å². The first kappa shape index (κ1) is 28.1. The van der Waals surface area contributed by atoms with Gasteiger partial charge in [-0.1, -0.05) is 17.7 Å². The fraction of sp³-hybridized carbons (Fsp3) is 0.286. The van der Waals surface area contributed by atoms with Crippen LogP contribution in [-0.4, -0.2) is 65.4 Å². The van der Waals surface area contributed by atoms with Crippen LogP contribution in [0.15, 0.2) is 53.5 Å². The molecule has 2 aromatic carbocycles. The first-order valence-electron chi connectivity index (χ1n) is 10.3. The number of aliphatic imine (C=N–C) groups is 1. The SMILES string of the molecule is N=C(c1ccc(Cl)cc1)N(C[C@H](O)C(F)(F)F)C(=O)NCC1N=C(C(F)(F)F)N(c2cccc(F)c2)N1. The first-order chi connectivity index (χ1) is 17.2. The van der Waals surface area contributed by atoms with Crippen LogP contribution in [0, 0.1) is 11.2 Å². The maximum atomic E-state index is 13.5. The Balaban J connectivity index is 1.78. The Morgan fingerprint density at radius 2 is 1.84 bits per heavy atom. The molecule has 0 spiro atoms. The number of carbonyl (C=O) groups excluding carboxylic acids is 1. The Kier molecular flexibility index (Phi) is 8.29. The highest BCUT2D eigenvalue weighted by atomic mass is 35.5. The number of amides is 2. The summed E-state index contributed by atoms with van der Waals surface area (Å²) < 4.78 is 92.9. The number of carbonyl (C=O) groups is 1. The summed E-state index contributed by atoms with van der Waals surface area (Å²) in [5.41, 5.74) is 2.06. The van der Waals surface area contributed by atoms with Crippen LogP contribution < -0.4 is 15.8 Å². The number of anilines is 1. The molecule has 0 radical (unpaired) electrons. The summed E-state index contributed by atoms with van der Waals surface area (Å²) >= 11 is 5.76. The second-order valence-corrected chi connectivity index (χ2v) is 8.06. The summed E-state index contributed by atoms with van der Waals surface area (Å²) in [6, 6.07) is 7.98. The highest BCUT2D eigenvalue weighted by Gasteiger charge is 2.45. The van der Waals surface area contributed by atoms with E-state index in [1.807, 2.05) is 0 Å². The van der Waals surface area contributed by atoms with Gasteiger partial charge < -0.3 is 10.4 Å². The molecule has 2 amide bonds. The van der Waals surface area contributed by atoms with Crippen molar-refractivity contribution < 1.29 is 40.6 Å². The summed E-state index contributed by atoms with van der Waals surface area (Å²) in [6.07, 6.45) is -14.6. The number of halogens is 8. The monoisotopic (exact) mass is 554 g/mol. The molecule has 1 heterocycles. The van der Waals surface area contributed by atoms with Crippen LogP contribution in [0.4, 0.5) is 41.2 Å². The third-order valence-electron chi connectivity index (χ3n) is 4.90. The van der Waals surface area contributed by atoms with Crippen LogP contribution in [0.25, 0.3) is 0 Å². The average molecular weight is 555 g/mol. The van der Waals surface area contributed by atoms with Gasteiger partial charge in [0.2, 0.25) is 5.84 Å². The van der Waals surface area contributed by atoms with E-state index in [1.54, 1.807) is 0 Å². The van der Waals surface area contributed by atoms with Gasteiger partial charge in [-0.2, -0.15) is 26.3 Å². The van der Waals surface area contributed by atoms with Crippen molar-refractivity contribution in [3.05, 3.63) is 64.9 Å². The lowest BCUT2D eigenvalue weighted by Gasteiger charge is -2.27. The number of alkyl halides is 6. The van der Waals surface area contributed by atoms with Gasteiger partial charge in [-0.3, -0.25) is 15.3 Å². The number of benzene rings is 2. The van der Waals surface area contributed by atoms with Gasteiger partial charge in [-0.05, 0) is 42.5 Å². The van der Waals surface area contributed by atoms with E-state index >= 15 is 0 Å². The van der Waals surface area contributed by atoms with E-state index in [-0.39, 0.29) is 21.2 Å². The quantitative estimate of drug-likeness (QED) is 0.246. The van der Waals surface area contributed by atoms with E-state index in [4.69, 9.17) is 17.0 Å². The van der Waals surface area contributed by atoms with Gasteiger partial charge in [0, 0.05) is 10.6 Å². The molecule has 0 aromatic heterocycles. The number of hydrazine groups is 1. The summed E-state index contributed by atoms with van der Waals surface area (Å²) in [6.45, 7) is -2.04. The smallest absolute Gasteiger partial charge is 0.382 e. The maximum absolute atomic E-state index is 13.5. The molecular weight excluding hydrogens is 537 g/mol. The normalized spacial score (nSPS) is 16.8. The van der Waals surface area contributed by atoms with E-state index in [0.717, 1.165) is 12.1 Å². The van der Waals surface area contributed by atoms with Crippen LogP contribution in [0.5, 0.6) is 0 Å². The van der Waals surface area contributed by atoms with Gasteiger partial charge in [0.1, 0.15) is 17.8 Å². The van der Waals surface area contributed by atoms with Gasteiger partial charge >= 0.3 is 18.4 Å². The molecule has 0 saturated carbocycles. The number of amidine groups is 2. The second-order valence-electron chi connectivity index (χ2n) is 7.62. The zero-order valence-electron chi connectivity index (χ0n) is 18.4. The Bertz CT molecular complexity index is 1170. The predicted molar refractivity (Wildman–Crippen MR) is 120 cm³/mol. The fourth-order valence-corrected chi connectivity index (χ4v) is 3.27. The summed E-state index contributed by atoms with van der Waals surface area (Å²) in [5.74, 6) is -3.01. The molecule has 2 atom stereocenters. The molecule has 200 valence electrons. The summed E-state index contributed by atoms with van der Waals surface area (Å²) in [5, 5.41) is 20.4. The largest absolute Gasteiger partial charge is 0.450 e. The number of nitrogens with zero attached hydrogens (tertiary/aromatic N) is 3. The Labute approximate surface area is 209 Å². The molecule has 8 nitrogen and oxygen atoms in total. The van der Waals surface area contributed by atoms with Crippen molar-refractivity contribution in [3.8, 4) is 0 Å². The molecular formula is C21H18ClF7N6O2. The second kappa shape index (κ2) is 10.9. The van der Waals surface area contributed by atoms with E-state index in [9.17, 15) is 40.6 Å². The van der Waals surface area contributed by atoms with Crippen molar-refractivity contribution in [2.45, 2.75) is 24.6 Å². The zero-order valence-corrected chi connectivity index (χ0v) is 19.2. The fourth-order valence-electron chi connectivity index (χ4n) is 3.14. The lowest BCUT2D eigenvalue weighted by molar-refractivity contribution is -0.204. The van der Waals surface area contributed by atoms with Crippen molar-refractivity contribution in [3.63, 3.8) is 0 Å². The third kappa shape index (κ3) is 7.08. The lowest BCUT2D eigenvalue weighted by atomic mass is 10.2. The third-order valence-corrected chi connectivity index (χ3v) is 5.15. The molecule has 0 saturated heterocycles. The van der Waals surface area contributed by atoms with Crippen LogP contribution in [0.1, 0.15) is 5.56 Å². The van der Waals surface area contributed by atoms with E-state index in [2.05, 4.69) is 15.7 Å². The molecule has 1 aliphatic rings. The summed E-state index contributed by atoms with van der Waals surface area (Å²) in [4.78, 5) is 16.4. The van der Waals surface area contributed by atoms with Gasteiger partial charge in [-0.15, -0.1) is 0 Å². The van der Waals surface area contributed by atoms with Crippen molar-refractivity contribution in [2.24, 2.45) is 4.99 Å². The molecule has 16 heteroatoms. The number of urea groups is 1. The highest BCUT2D eigenvalue weighted by Crippen LogP contribution is 2.28. The zero-order chi connectivity index (χ0) is 27.5. The van der Waals surface area contributed by atoms with Gasteiger partial charge in [0.05, 0.1) is 18.8 Å². The standard InChI is InChI=1S/C21H18ClF7N6O2/c22-12-6-4-11(5-7-12)17(30)34(10-15(36)20(24,25)26)19(37)31-9-16-32-18(21(27,28)29)35(33-16)14-3-1-2-13(23)8-14/h1-8,15-16,30,33,36H,9-10H2,(H,31,37)/t15-,16?/m0/s1. The van der Waals surface area contributed by atoms with E-state index < -0.39 is 61.2 Å². The number of rotatable bonds is 6. The molecule has 37 heavy (non-hydrogen) atoms. The molecule has 4 N–H and O–H groups in total. The van der Waals surface area contributed by atoms with E-state index in [1.165, 1.54) is 36.4 Å². The molecule has 1 aliphatic heterocycles. The number of hydrogen-bond acceptors (Lipinski definition) is 6. The molecule has 0 aliphatic carbocycles. The van der Waals surface area contributed by atoms with Crippen molar-refractivity contribution >= 4 is 35.0 Å². The van der Waals surface area contributed by atoms with Crippen LogP contribution in [0.2, 0.25) is 5.02 Å². The van der Waals surface area contributed by atoms with Gasteiger partial charge in [0.15, 0.2) is 6.10 Å². The Morgan fingerprint density at radius 3 is 2.41 bits per heavy atom. The topological polar surface area (TPSA) is 104 Å². The van der Waals surface area contributed by atoms with Crippen LogP contribution >= 0.6 is 11.6 Å². The van der Waals surface area contributed by atoms with Crippen molar-refractivity contribution in [1.82, 2.24) is 15.6 Å².